The number of methoxy groups -OCH3 is 2. The minimum atomic E-state index is -0.750. The standard InChI is InChI=1S/C19H25N3O3.C10H8ClNO.C9H18N2O2.C4H9O.Na/c1-19(2,3)25-18(23)22-10-8-21(9-11-22)16-13-15(24-4)12-14-6-5-7-20-17(14)16;1-13-8-5-7-3-2-4-12-10(7)9(11)6-8;1-9(2,3)13-8(12)11-6-4-10-5-7-11;1-4(2,3)5;/h5-7,12-13H,8-11H2,1-4H3;2-6H,1H3;10H,4-7H2,1-3H3;1-3H3;/q;;;-1;+1. The van der Waals surface area contributed by atoms with Gasteiger partial charge in [0.2, 0.25) is 0 Å². The van der Waals surface area contributed by atoms with E-state index in [1.165, 1.54) is 0 Å². The number of hydrogen-bond acceptors (Lipinski definition) is 11. The Morgan fingerprint density at radius 1 is 0.684 bits per heavy atom. The van der Waals surface area contributed by atoms with Crippen molar-refractivity contribution in [2.24, 2.45) is 0 Å². The van der Waals surface area contributed by atoms with Crippen molar-refractivity contribution < 1.29 is 63.2 Å². The summed E-state index contributed by atoms with van der Waals surface area (Å²) in [4.78, 5) is 38.2. The number of nitrogens with one attached hydrogen (secondary N) is 1. The zero-order chi connectivity index (χ0) is 41.7. The molecule has 0 bridgehead atoms. The number of nitrogens with zero attached hydrogens (tertiary/aromatic N) is 5. The zero-order valence-electron chi connectivity index (χ0n) is 35.9. The van der Waals surface area contributed by atoms with Crippen LogP contribution in [0.1, 0.15) is 62.3 Å². The van der Waals surface area contributed by atoms with Crippen LogP contribution in [0.3, 0.4) is 0 Å². The van der Waals surface area contributed by atoms with E-state index in [-0.39, 0.29) is 47.3 Å². The number of benzene rings is 2. The molecule has 0 spiro atoms. The number of amides is 2. The smallest absolute Gasteiger partial charge is 0.850 e. The summed E-state index contributed by atoms with van der Waals surface area (Å²) in [6.07, 6.45) is 3.07. The fourth-order valence-corrected chi connectivity index (χ4v) is 5.64. The van der Waals surface area contributed by atoms with Gasteiger partial charge < -0.3 is 44.1 Å². The maximum atomic E-state index is 12.2. The first kappa shape index (κ1) is 49.6. The monoisotopic (exact) mass is 818 g/mol. The summed E-state index contributed by atoms with van der Waals surface area (Å²) in [5.74, 6) is 1.57. The van der Waals surface area contributed by atoms with Gasteiger partial charge in [-0.3, -0.25) is 9.97 Å². The van der Waals surface area contributed by atoms with Crippen molar-refractivity contribution in [1.82, 2.24) is 25.1 Å². The third-order valence-corrected chi connectivity index (χ3v) is 8.09. The van der Waals surface area contributed by atoms with Crippen LogP contribution in [0.4, 0.5) is 15.3 Å². The van der Waals surface area contributed by atoms with E-state index in [1.807, 2.05) is 84.0 Å². The third-order valence-electron chi connectivity index (χ3n) is 7.80. The van der Waals surface area contributed by atoms with Crippen LogP contribution in [0, 0.1) is 0 Å². The van der Waals surface area contributed by atoms with Crippen molar-refractivity contribution in [3.05, 3.63) is 65.9 Å². The Bertz CT molecular complexity index is 1860. The summed E-state index contributed by atoms with van der Waals surface area (Å²) in [5.41, 5.74) is 1.20. The normalized spacial score (nSPS) is 14.4. The Hall–Kier alpha value is -3.59. The molecule has 4 heterocycles. The molecule has 0 radical (unpaired) electrons. The van der Waals surface area contributed by atoms with Crippen LogP contribution in [0.2, 0.25) is 5.02 Å². The molecular formula is C42H60ClN6NaO7. The quantitative estimate of drug-likeness (QED) is 0.298. The van der Waals surface area contributed by atoms with Gasteiger partial charge in [0, 0.05) is 87.7 Å². The fourth-order valence-electron chi connectivity index (χ4n) is 5.38. The van der Waals surface area contributed by atoms with E-state index >= 15 is 0 Å². The van der Waals surface area contributed by atoms with Gasteiger partial charge in [0.05, 0.1) is 36.0 Å². The number of fused-ring (bicyclic) bond motifs is 2. The van der Waals surface area contributed by atoms with E-state index in [0.717, 1.165) is 78.3 Å². The van der Waals surface area contributed by atoms with Gasteiger partial charge in [0.15, 0.2) is 0 Å². The van der Waals surface area contributed by atoms with E-state index in [0.29, 0.717) is 18.1 Å². The Kier molecular flexibility index (Phi) is 19.6. The van der Waals surface area contributed by atoms with E-state index in [2.05, 4.69) is 20.2 Å². The van der Waals surface area contributed by atoms with Gasteiger partial charge in [-0.25, -0.2) is 9.59 Å². The molecule has 2 aromatic carbocycles. The number of anilines is 1. The SMILES string of the molecule is CC(C)(C)OC(=O)N1CCNCC1.CC(C)(C)[O-].COc1cc(Cl)c2ncccc2c1.COc1cc(N2CCN(C(=O)OC(C)(C)C)CC2)c2ncccc2c1.[Na+]. The van der Waals surface area contributed by atoms with Gasteiger partial charge in [-0.2, -0.15) is 0 Å². The van der Waals surface area contributed by atoms with E-state index < -0.39 is 11.2 Å². The predicted octanol–water partition coefficient (Wildman–Crippen LogP) is 4.17. The van der Waals surface area contributed by atoms with Crippen LogP contribution in [0.25, 0.3) is 21.8 Å². The number of halogens is 1. The topological polar surface area (TPSA) is 142 Å². The van der Waals surface area contributed by atoms with Gasteiger partial charge in [0.25, 0.3) is 0 Å². The second-order valence-electron chi connectivity index (χ2n) is 16.2. The number of hydrogen-bond donors (Lipinski definition) is 1. The molecule has 1 N–H and O–H groups in total. The summed E-state index contributed by atoms with van der Waals surface area (Å²) in [6, 6.07) is 15.5. The molecule has 308 valence electrons. The van der Waals surface area contributed by atoms with Gasteiger partial charge in [-0.15, -0.1) is 5.60 Å². The maximum absolute atomic E-state index is 12.2. The molecule has 0 unspecified atom stereocenters. The minimum Gasteiger partial charge on any atom is -0.850 e. The van der Waals surface area contributed by atoms with Crippen molar-refractivity contribution >= 4 is 51.3 Å². The Morgan fingerprint density at radius 2 is 1.11 bits per heavy atom. The largest absolute Gasteiger partial charge is 1.00 e. The molecule has 15 heteroatoms. The van der Waals surface area contributed by atoms with E-state index in [9.17, 15) is 14.7 Å². The Balaban J connectivity index is 0.000000297. The number of pyridine rings is 2. The Labute approximate surface area is 365 Å². The summed E-state index contributed by atoms with van der Waals surface area (Å²) in [7, 11) is 3.29. The van der Waals surface area contributed by atoms with Crippen LogP contribution in [-0.4, -0.2) is 115 Å². The average molecular weight is 819 g/mol. The molecule has 0 saturated carbocycles. The third kappa shape index (κ3) is 17.8. The number of piperazine rings is 2. The van der Waals surface area contributed by atoms with E-state index in [1.54, 1.807) is 63.3 Å². The molecule has 2 saturated heterocycles. The Morgan fingerprint density at radius 3 is 1.56 bits per heavy atom. The van der Waals surface area contributed by atoms with Crippen LogP contribution in [0.15, 0.2) is 60.9 Å². The number of carbonyl (C=O) groups excluding carboxylic acids is 2. The van der Waals surface area contributed by atoms with Crippen LogP contribution in [0.5, 0.6) is 11.5 Å². The molecule has 6 rings (SSSR count). The van der Waals surface area contributed by atoms with E-state index in [4.69, 9.17) is 30.5 Å². The molecule has 4 aromatic rings. The first-order valence-electron chi connectivity index (χ1n) is 18.8. The van der Waals surface area contributed by atoms with Crippen molar-refractivity contribution in [2.45, 2.75) is 79.1 Å². The van der Waals surface area contributed by atoms with Crippen LogP contribution >= 0.6 is 11.6 Å². The van der Waals surface area contributed by atoms with Crippen LogP contribution < -0.4 is 54.4 Å². The van der Waals surface area contributed by atoms with Crippen molar-refractivity contribution in [2.75, 3.05) is 71.5 Å². The first-order chi connectivity index (χ1) is 26.2. The van der Waals surface area contributed by atoms with Gasteiger partial charge in [-0.05, 0) is 65.8 Å². The van der Waals surface area contributed by atoms with Gasteiger partial charge in [-0.1, -0.05) is 44.5 Å². The molecule has 0 atom stereocenters. The molecule has 2 amide bonds. The van der Waals surface area contributed by atoms with Crippen molar-refractivity contribution in [1.29, 1.82) is 0 Å². The van der Waals surface area contributed by atoms with Crippen LogP contribution in [-0.2, 0) is 9.47 Å². The second-order valence-corrected chi connectivity index (χ2v) is 16.6. The molecule has 2 aliphatic rings. The van der Waals surface area contributed by atoms with Gasteiger partial charge in [0.1, 0.15) is 22.7 Å². The summed E-state index contributed by atoms with van der Waals surface area (Å²) >= 11 is 6.00. The number of aromatic nitrogens is 2. The average Bonchev–Trinajstić information content (AvgIpc) is 3.13. The summed E-state index contributed by atoms with van der Waals surface area (Å²) in [6.45, 7) is 22.1. The summed E-state index contributed by atoms with van der Waals surface area (Å²) < 4.78 is 21.2. The molecule has 57 heavy (non-hydrogen) atoms. The summed E-state index contributed by atoms with van der Waals surface area (Å²) in [5, 5.41) is 15.9. The minimum absolute atomic E-state index is 0. The predicted molar refractivity (Wildman–Crippen MR) is 222 cm³/mol. The maximum Gasteiger partial charge on any atom is 1.00 e. The fraction of sp³-hybridized carbons (Fsp3) is 0.524. The second kappa shape index (κ2) is 22.5. The zero-order valence-corrected chi connectivity index (χ0v) is 38.7. The molecule has 13 nitrogen and oxygen atoms in total. The van der Waals surface area contributed by atoms with Gasteiger partial charge >= 0.3 is 41.7 Å². The van der Waals surface area contributed by atoms with Crippen molar-refractivity contribution in [3.63, 3.8) is 0 Å². The molecular weight excluding hydrogens is 759 g/mol. The number of rotatable bonds is 3. The molecule has 2 aromatic heterocycles. The first-order valence-corrected chi connectivity index (χ1v) is 19.2. The van der Waals surface area contributed by atoms with Crippen molar-refractivity contribution in [3.8, 4) is 11.5 Å². The molecule has 0 aliphatic carbocycles. The number of carbonyl (C=O) groups is 2. The molecule has 2 fully saturated rings. The number of ether oxygens (including phenoxy) is 4. The molecule has 2 aliphatic heterocycles.